The van der Waals surface area contributed by atoms with Gasteiger partial charge >= 0.3 is 24.1 Å². The largest absolute Gasteiger partial charge is 0.462 e. The number of nitrogens with zero attached hydrogens (tertiary/aromatic N) is 3. The number of halogens is 2. The Morgan fingerprint density at radius 1 is 1.04 bits per heavy atom. The molecule has 3 aromatic rings. The summed E-state index contributed by atoms with van der Waals surface area (Å²) >= 11 is 10.0. The van der Waals surface area contributed by atoms with Gasteiger partial charge in [0, 0.05) is 86.4 Å². The summed E-state index contributed by atoms with van der Waals surface area (Å²) in [6, 6.07) is 8.87. The molecule has 0 radical (unpaired) electrons. The highest BCUT2D eigenvalue weighted by Gasteiger charge is 2.64. The first-order valence-corrected chi connectivity index (χ1v) is 31.5. The van der Waals surface area contributed by atoms with Gasteiger partial charge in [-0.05, 0) is 114 Å². The van der Waals surface area contributed by atoms with Crippen molar-refractivity contribution in [3.05, 3.63) is 106 Å². The van der Waals surface area contributed by atoms with Gasteiger partial charge in [0.1, 0.15) is 35.7 Å². The Hall–Kier alpha value is -7.05. The van der Waals surface area contributed by atoms with E-state index in [-0.39, 0.29) is 74.7 Å². The third-order valence-electron chi connectivity index (χ3n) is 16.8. The van der Waals surface area contributed by atoms with Gasteiger partial charge in [-0.15, -0.1) is 0 Å². The smallest absolute Gasteiger partial charge is 0.409 e. The number of likely N-dealkylation sites (N-methyl/N-ethyl adjacent to an activating group) is 1. The van der Waals surface area contributed by atoms with E-state index < -0.39 is 101 Å². The first kappa shape index (κ1) is 71.0. The minimum atomic E-state index is -1.89. The fraction of sp³-hybridized carbons (Fsp3) is 0.538. The topological polar surface area (TPSA) is 305 Å². The number of amides is 6. The van der Waals surface area contributed by atoms with Crippen molar-refractivity contribution in [2.75, 3.05) is 44.6 Å². The maximum Gasteiger partial charge on any atom is 0.409 e. The number of hydrogen-bond acceptors (Lipinski definition) is 16. The van der Waals surface area contributed by atoms with Crippen LogP contribution in [0.15, 0.2) is 78.4 Å². The predicted octanol–water partition coefficient (Wildman–Crippen LogP) is 8.01. The SMILES string of the molecule is C=C(CBr)C(=O)OCCCCCC(=O)C[C@H](C(=O)N[C@@H](CCCNC(N)=O)C(=O)Cc1ccc2cc(C(=O)N(C)[C@@H](C)C(=O)O[C@H]3CC(=O)N(C)c4cc(cc(C)c4Cl)C/C(C)=C/C=C/[C@@H](OC)[C@@]4(O)C[C@H](OC(=O)N4)[C@@H](C)[C@@H]4O[C@@]34C)ccc2n1)C(C)C. The van der Waals surface area contributed by atoms with Crippen LogP contribution in [0.3, 0.4) is 0 Å². The van der Waals surface area contributed by atoms with Crippen LogP contribution in [0.1, 0.15) is 127 Å². The number of ether oxygens (including phenoxy) is 5. The zero-order chi connectivity index (χ0) is 65.7. The van der Waals surface area contributed by atoms with Gasteiger partial charge in [0.2, 0.25) is 11.8 Å². The number of anilines is 1. The van der Waals surface area contributed by atoms with Gasteiger partial charge in [0.15, 0.2) is 11.5 Å². The molecule has 0 aliphatic carbocycles. The molecule has 6 rings (SSSR count). The van der Waals surface area contributed by atoms with Crippen molar-refractivity contribution in [3.63, 3.8) is 0 Å². The van der Waals surface area contributed by atoms with E-state index in [0.29, 0.717) is 70.3 Å². The van der Waals surface area contributed by atoms with Crippen molar-refractivity contribution in [3.8, 4) is 0 Å². The van der Waals surface area contributed by atoms with Crippen LogP contribution in [0.2, 0.25) is 5.02 Å². The monoisotopic (exact) mass is 1320 g/mol. The molecule has 4 bridgehead atoms. The second kappa shape index (κ2) is 31.6. The molecule has 0 spiro atoms. The molecule has 1 aromatic heterocycles. The molecule has 10 atom stereocenters. The van der Waals surface area contributed by atoms with E-state index >= 15 is 0 Å². The molecule has 4 heterocycles. The Balaban J connectivity index is 1.15. The molecule has 89 heavy (non-hydrogen) atoms. The maximum absolute atomic E-state index is 14.5. The number of methoxy groups -OCH3 is 1. The van der Waals surface area contributed by atoms with Crippen molar-refractivity contribution < 1.29 is 71.9 Å². The van der Waals surface area contributed by atoms with E-state index in [4.69, 9.17) is 46.0 Å². The lowest BCUT2D eigenvalue weighted by Gasteiger charge is -2.42. The van der Waals surface area contributed by atoms with Crippen molar-refractivity contribution in [1.29, 1.82) is 0 Å². The number of esters is 2. The standard InChI is InChI=1S/C65H85BrClN7O15/c1-36(2)47(32-46(75)18-13-12-14-26-86-60(80)39(5)35-66)58(78)71-49(19-16-25-69-62(68)82)51(76)31-45-23-21-43-30-44(22-24-48(43)70-45)59(79)73(9)41(7)61(81)88-54-33-55(77)74(10)50-29-42(28-38(4)56(50)67)27-37(3)17-15-20-53(85-11)65(84)34-52(87-63(83)72-65)40(6)57-64(54,8)89-57/h15,17,20-24,28-30,36,40-41,47,49,52-54,57,84H,5,12-14,16,18-19,25-27,31-35H2,1-4,6-11H3,(H,71,78)(H,72,83)(H3,68,69,82)/b20-15+,37-17+/t40-,41+,47+,49+,52+,53-,54+,57+,64+,65+/m1/s1. The van der Waals surface area contributed by atoms with Gasteiger partial charge in [-0.3, -0.25) is 34.3 Å². The van der Waals surface area contributed by atoms with Gasteiger partial charge in [-0.2, -0.15) is 0 Å². The van der Waals surface area contributed by atoms with Gasteiger partial charge < -0.3 is 55.0 Å². The number of benzene rings is 2. The summed E-state index contributed by atoms with van der Waals surface area (Å²) in [6.07, 6.45) is 2.63. The highest BCUT2D eigenvalue weighted by molar-refractivity contribution is 9.09. The number of primary amides is 1. The van der Waals surface area contributed by atoms with Crippen molar-refractivity contribution in [1.82, 2.24) is 25.8 Å². The highest BCUT2D eigenvalue weighted by Crippen LogP contribution is 2.49. The molecule has 3 aliphatic rings. The van der Waals surface area contributed by atoms with Crippen molar-refractivity contribution in [2.45, 2.75) is 167 Å². The average molecular weight is 1320 g/mol. The Kier molecular flexibility index (Phi) is 25.2. The number of nitrogens with two attached hydrogens (primary N) is 1. The Labute approximate surface area is 533 Å². The van der Waals surface area contributed by atoms with Gasteiger partial charge in [0.05, 0.1) is 47.8 Å². The van der Waals surface area contributed by atoms with Gasteiger partial charge in [-0.1, -0.05) is 90.8 Å². The highest BCUT2D eigenvalue weighted by atomic mass is 79.9. The van der Waals surface area contributed by atoms with Crippen molar-refractivity contribution >= 4 is 97.5 Å². The summed E-state index contributed by atoms with van der Waals surface area (Å²) in [5.74, 6) is -4.87. The number of alkyl carbamates (subject to hydrolysis) is 1. The number of carbonyl (C=O) groups excluding carboxylic acids is 9. The van der Waals surface area contributed by atoms with E-state index in [9.17, 15) is 48.3 Å². The van der Waals surface area contributed by atoms with E-state index in [1.54, 1.807) is 57.3 Å². The number of pyridine rings is 1. The average Bonchev–Trinajstić information content (AvgIpc) is 1.58. The van der Waals surface area contributed by atoms with E-state index in [0.717, 1.165) is 16.7 Å². The number of rotatable bonds is 25. The summed E-state index contributed by atoms with van der Waals surface area (Å²) in [5.41, 5.74) is 6.34. The van der Waals surface area contributed by atoms with Gasteiger partial charge in [-0.25, -0.2) is 19.2 Å². The molecule has 2 aromatic carbocycles. The molecule has 2 saturated heterocycles. The summed E-state index contributed by atoms with van der Waals surface area (Å²) in [7, 11) is 4.44. The summed E-state index contributed by atoms with van der Waals surface area (Å²) in [4.78, 5) is 128. The molecule has 22 nitrogen and oxygen atoms in total. The number of unbranched alkanes of at least 4 members (excludes halogenated alkanes) is 2. The Morgan fingerprint density at radius 2 is 1.78 bits per heavy atom. The number of carbonyl (C=O) groups is 9. The minimum Gasteiger partial charge on any atom is -0.462 e. The predicted molar refractivity (Wildman–Crippen MR) is 338 cm³/mol. The molecule has 6 N–H and O–H groups in total. The molecule has 2 fully saturated rings. The lowest BCUT2D eigenvalue weighted by molar-refractivity contribution is -0.158. The van der Waals surface area contributed by atoms with Crippen LogP contribution in [0.4, 0.5) is 15.3 Å². The number of allylic oxidation sites excluding steroid dienone is 3. The molecule has 24 heteroatoms. The second-order valence-electron chi connectivity index (χ2n) is 24.1. The van der Waals surface area contributed by atoms with E-state index in [2.05, 4.69) is 38.5 Å². The van der Waals surface area contributed by atoms with Crippen LogP contribution in [-0.4, -0.2) is 156 Å². The number of aryl methyl sites for hydroxylation is 1. The zero-order valence-corrected chi connectivity index (χ0v) is 54.8. The second-order valence-corrected chi connectivity index (χ2v) is 25.0. The Morgan fingerprint density at radius 3 is 2.46 bits per heavy atom. The quantitative estimate of drug-likeness (QED) is 0.0134. The normalized spacial score (nSPS) is 23.9. The molecule has 6 amide bonds. The number of Topliss-reactive ketones (excluding diaryl/α,β-unsaturated/α-hetero) is 2. The molecule has 484 valence electrons. The molecule has 3 aliphatic heterocycles. The van der Waals surface area contributed by atoms with E-state index in [1.165, 1.54) is 36.9 Å². The summed E-state index contributed by atoms with van der Waals surface area (Å²) < 4.78 is 29.2. The number of alkyl halides is 1. The third kappa shape index (κ3) is 18.8. The number of urea groups is 1. The Bertz CT molecular complexity index is 3230. The first-order chi connectivity index (χ1) is 42.0. The van der Waals surface area contributed by atoms with Crippen molar-refractivity contribution in [2.24, 2.45) is 23.5 Å². The maximum atomic E-state index is 14.5. The number of fused-ring (bicyclic) bond motifs is 6. The lowest BCUT2D eigenvalue weighted by Crippen LogP contribution is -2.63. The fourth-order valence-corrected chi connectivity index (χ4v) is 11.6. The number of hydrogen-bond donors (Lipinski definition) is 5. The number of aromatic nitrogens is 1. The minimum absolute atomic E-state index is 0.0344. The molecule has 0 unspecified atom stereocenters. The van der Waals surface area contributed by atoms with Crippen LogP contribution in [0.25, 0.3) is 10.9 Å². The molecular weight excluding hydrogens is 1230 g/mol. The number of nitrogens with one attached hydrogen (secondary N) is 3. The summed E-state index contributed by atoms with van der Waals surface area (Å²) in [6.45, 7) is 16.3. The molecular formula is C65H85BrClN7O15. The number of epoxide rings is 1. The lowest BCUT2D eigenvalue weighted by atomic mass is 9.83. The number of ketones is 2. The number of aliphatic hydroxyl groups is 1. The van der Waals surface area contributed by atoms with Crippen LogP contribution in [0, 0.1) is 24.7 Å². The van der Waals surface area contributed by atoms with Crippen LogP contribution in [-0.2, 0) is 65.3 Å². The summed E-state index contributed by atoms with van der Waals surface area (Å²) in [5, 5.41) is 21.0. The zero-order valence-electron chi connectivity index (χ0n) is 52.4. The van der Waals surface area contributed by atoms with Gasteiger partial charge in [0.25, 0.3) is 5.91 Å². The first-order valence-electron chi connectivity index (χ1n) is 30.0. The van der Waals surface area contributed by atoms with Crippen LogP contribution >= 0.6 is 27.5 Å². The third-order valence-corrected chi connectivity index (χ3v) is 18.0. The van der Waals surface area contributed by atoms with Crippen LogP contribution in [0.5, 0.6) is 0 Å². The fourth-order valence-electron chi connectivity index (χ4n) is 11.1. The van der Waals surface area contributed by atoms with E-state index in [1.807, 2.05) is 45.9 Å². The molecule has 0 saturated carbocycles. The van der Waals surface area contributed by atoms with Crippen LogP contribution < -0.4 is 26.6 Å².